The fraction of sp³-hybridized carbons (Fsp3) is 0.538. The first-order chi connectivity index (χ1) is 8.61. The molecule has 2 aromatic rings. The lowest BCUT2D eigenvalue weighted by Crippen LogP contribution is -2.20. The SMILES string of the molecule is CCn1cnnc1CNC(C)c1cc(C)sc1C. The summed E-state index contributed by atoms with van der Waals surface area (Å²) in [6, 6.07) is 2.61. The Morgan fingerprint density at radius 2 is 2.22 bits per heavy atom. The molecule has 0 saturated carbocycles. The molecule has 0 aromatic carbocycles. The van der Waals surface area contributed by atoms with Crippen LogP contribution in [0.3, 0.4) is 0 Å². The highest BCUT2D eigenvalue weighted by Gasteiger charge is 2.12. The Morgan fingerprint density at radius 3 is 2.83 bits per heavy atom. The standard InChI is InChI=1S/C13H20N4S/c1-5-17-8-15-16-13(17)7-14-10(3)12-6-9(2)18-11(12)4/h6,8,10,14H,5,7H2,1-4H3. The van der Waals surface area contributed by atoms with Gasteiger partial charge in [-0.25, -0.2) is 0 Å². The first kappa shape index (κ1) is 13.2. The maximum absolute atomic E-state index is 4.13. The zero-order chi connectivity index (χ0) is 13.1. The van der Waals surface area contributed by atoms with Crippen LogP contribution in [0.25, 0.3) is 0 Å². The van der Waals surface area contributed by atoms with E-state index in [9.17, 15) is 0 Å². The molecular formula is C13H20N4S. The maximum atomic E-state index is 4.13. The Morgan fingerprint density at radius 1 is 1.44 bits per heavy atom. The van der Waals surface area contributed by atoms with Gasteiger partial charge in [0.2, 0.25) is 0 Å². The average molecular weight is 264 g/mol. The van der Waals surface area contributed by atoms with E-state index >= 15 is 0 Å². The first-order valence-corrected chi connectivity index (χ1v) is 7.10. The topological polar surface area (TPSA) is 42.7 Å². The molecule has 0 saturated heterocycles. The highest BCUT2D eigenvalue weighted by molar-refractivity contribution is 7.12. The van der Waals surface area contributed by atoms with E-state index in [0.717, 1.165) is 18.9 Å². The average Bonchev–Trinajstić information content (AvgIpc) is 2.92. The smallest absolute Gasteiger partial charge is 0.146 e. The van der Waals surface area contributed by atoms with Crippen LogP contribution >= 0.6 is 11.3 Å². The maximum Gasteiger partial charge on any atom is 0.146 e. The van der Waals surface area contributed by atoms with Gasteiger partial charge in [-0.1, -0.05) is 0 Å². The third kappa shape index (κ3) is 2.79. The summed E-state index contributed by atoms with van der Waals surface area (Å²) in [5.41, 5.74) is 1.39. The van der Waals surface area contributed by atoms with Crippen LogP contribution in [0, 0.1) is 13.8 Å². The largest absolute Gasteiger partial charge is 0.317 e. The van der Waals surface area contributed by atoms with E-state index in [1.165, 1.54) is 15.3 Å². The van der Waals surface area contributed by atoms with Crippen molar-refractivity contribution in [2.45, 2.75) is 46.8 Å². The van der Waals surface area contributed by atoms with Crippen molar-refractivity contribution in [1.29, 1.82) is 0 Å². The molecule has 0 aliphatic heterocycles. The van der Waals surface area contributed by atoms with Gasteiger partial charge in [0.1, 0.15) is 12.2 Å². The predicted octanol–water partition coefficient (Wildman–Crippen LogP) is 2.83. The minimum Gasteiger partial charge on any atom is -0.317 e. The second-order valence-corrected chi connectivity index (χ2v) is 5.96. The van der Waals surface area contributed by atoms with Gasteiger partial charge in [0.25, 0.3) is 0 Å². The number of rotatable bonds is 5. The summed E-state index contributed by atoms with van der Waals surface area (Å²) in [6.07, 6.45) is 1.78. The Hall–Kier alpha value is -1.20. The molecule has 0 radical (unpaired) electrons. The number of aromatic nitrogens is 3. The van der Waals surface area contributed by atoms with Crippen LogP contribution in [0.15, 0.2) is 12.4 Å². The van der Waals surface area contributed by atoms with Crippen LogP contribution in [0.2, 0.25) is 0 Å². The third-order valence-corrected chi connectivity index (χ3v) is 4.13. The number of thiophene rings is 1. The van der Waals surface area contributed by atoms with E-state index in [-0.39, 0.29) is 0 Å². The molecule has 2 aromatic heterocycles. The molecule has 0 amide bonds. The number of hydrogen-bond donors (Lipinski definition) is 1. The van der Waals surface area contributed by atoms with E-state index < -0.39 is 0 Å². The summed E-state index contributed by atoms with van der Waals surface area (Å²) in [5, 5.41) is 11.6. The van der Waals surface area contributed by atoms with Crippen molar-refractivity contribution in [2.75, 3.05) is 0 Å². The van der Waals surface area contributed by atoms with Crippen LogP contribution < -0.4 is 5.32 Å². The minimum atomic E-state index is 0.344. The molecule has 98 valence electrons. The number of nitrogens with zero attached hydrogens (tertiary/aromatic N) is 3. The van der Waals surface area contributed by atoms with Crippen LogP contribution in [0.4, 0.5) is 0 Å². The van der Waals surface area contributed by atoms with Crippen molar-refractivity contribution in [3.8, 4) is 0 Å². The van der Waals surface area contributed by atoms with Gasteiger partial charge in [0, 0.05) is 22.3 Å². The molecule has 0 fully saturated rings. The Labute approximate surface area is 112 Å². The third-order valence-electron chi connectivity index (χ3n) is 3.15. The molecule has 1 N–H and O–H groups in total. The fourth-order valence-corrected chi connectivity index (χ4v) is 3.14. The molecule has 0 aliphatic carbocycles. The molecule has 1 unspecified atom stereocenters. The van der Waals surface area contributed by atoms with Gasteiger partial charge in [-0.2, -0.15) is 0 Å². The summed E-state index contributed by atoms with van der Waals surface area (Å²) in [6.45, 7) is 10.3. The normalized spacial score (nSPS) is 12.9. The number of nitrogens with one attached hydrogen (secondary N) is 1. The summed E-state index contributed by atoms with van der Waals surface area (Å²) in [7, 11) is 0. The molecule has 0 aliphatic rings. The fourth-order valence-electron chi connectivity index (χ4n) is 2.11. The van der Waals surface area contributed by atoms with Gasteiger partial charge < -0.3 is 9.88 Å². The van der Waals surface area contributed by atoms with Crippen molar-refractivity contribution in [3.05, 3.63) is 33.5 Å². The Balaban J connectivity index is 2.00. The first-order valence-electron chi connectivity index (χ1n) is 6.28. The molecule has 2 rings (SSSR count). The quantitative estimate of drug-likeness (QED) is 0.903. The summed E-state index contributed by atoms with van der Waals surface area (Å²) in [5.74, 6) is 0.994. The molecule has 1 atom stereocenters. The van der Waals surface area contributed by atoms with Crippen LogP contribution in [-0.4, -0.2) is 14.8 Å². The van der Waals surface area contributed by atoms with Gasteiger partial charge >= 0.3 is 0 Å². The zero-order valence-electron chi connectivity index (χ0n) is 11.4. The van der Waals surface area contributed by atoms with E-state index in [1.54, 1.807) is 6.33 Å². The minimum absolute atomic E-state index is 0.344. The Bertz CT molecular complexity index is 515. The Kier molecular flexibility index (Phi) is 4.14. The van der Waals surface area contributed by atoms with E-state index in [0.29, 0.717) is 6.04 Å². The van der Waals surface area contributed by atoms with E-state index in [2.05, 4.69) is 53.8 Å². The lowest BCUT2D eigenvalue weighted by atomic mass is 10.1. The van der Waals surface area contributed by atoms with Gasteiger partial charge in [-0.15, -0.1) is 21.5 Å². The van der Waals surface area contributed by atoms with Crippen molar-refractivity contribution >= 4 is 11.3 Å². The van der Waals surface area contributed by atoms with Crippen LogP contribution in [0.1, 0.15) is 41.0 Å². The molecule has 18 heavy (non-hydrogen) atoms. The summed E-state index contributed by atoms with van der Waals surface area (Å²) < 4.78 is 2.06. The highest BCUT2D eigenvalue weighted by Crippen LogP contribution is 2.26. The molecule has 5 heteroatoms. The molecule has 4 nitrogen and oxygen atoms in total. The van der Waals surface area contributed by atoms with Crippen molar-refractivity contribution in [1.82, 2.24) is 20.1 Å². The monoisotopic (exact) mass is 264 g/mol. The van der Waals surface area contributed by atoms with E-state index in [1.807, 2.05) is 11.3 Å². The number of hydrogen-bond acceptors (Lipinski definition) is 4. The van der Waals surface area contributed by atoms with Crippen molar-refractivity contribution in [2.24, 2.45) is 0 Å². The molecule has 0 spiro atoms. The lowest BCUT2D eigenvalue weighted by molar-refractivity contribution is 0.539. The zero-order valence-corrected chi connectivity index (χ0v) is 12.2. The van der Waals surface area contributed by atoms with Gasteiger partial charge in [-0.05, 0) is 39.3 Å². The summed E-state index contributed by atoms with van der Waals surface area (Å²) in [4.78, 5) is 2.76. The van der Waals surface area contributed by atoms with Gasteiger partial charge in [-0.3, -0.25) is 0 Å². The van der Waals surface area contributed by atoms with Crippen molar-refractivity contribution < 1.29 is 0 Å². The van der Waals surface area contributed by atoms with Crippen LogP contribution in [-0.2, 0) is 13.1 Å². The predicted molar refractivity (Wildman–Crippen MR) is 74.7 cm³/mol. The second-order valence-electron chi connectivity index (χ2n) is 4.50. The molecular weight excluding hydrogens is 244 g/mol. The lowest BCUT2D eigenvalue weighted by Gasteiger charge is -2.13. The molecule has 2 heterocycles. The van der Waals surface area contributed by atoms with Gasteiger partial charge in [0.05, 0.1) is 6.54 Å². The summed E-state index contributed by atoms with van der Waals surface area (Å²) >= 11 is 1.86. The second kappa shape index (κ2) is 5.63. The molecule has 0 bridgehead atoms. The van der Waals surface area contributed by atoms with E-state index in [4.69, 9.17) is 0 Å². The van der Waals surface area contributed by atoms with Gasteiger partial charge in [0.15, 0.2) is 0 Å². The van der Waals surface area contributed by atoms with Crippen LogP contribution in [0.5, 0.6) is 0 Å². The number of aryl methyl sites for hydroxylation is 3. The highest BCUT2D eigenvalue weighted by atomic mass is 32.1. The van der Waals surface area contributed by atoms with Crippen molar-refractivity contribution in [3.63, 3.8) is 0 Å².